The Labute approximate surface area is 179 Å². The number of ether oxygens (including phenoxy) is 1. The van der Waals surface area contributed by atoms with E-state index in [0.717, 1.165) is 48.2 Å². The maximum atomic E-state index is 12.9. The molecule has 0 bridgehead atoms. The topological polar surface area (TPSA) is 58.6 Å². The van der Waals surface area contributed by atoms with Crippen LogP contribution in [0.4, 0.5) is 0 Å². The highest BCUT2D eigenvalue weighted by Crippen LogP contribution is 2.35. The SMILES string of the molecule is CCCC(=O)N1CCCC(Cc2ccc(-c3ccc(OC)cc3)cc2)(C(=O)NC)C1. The van der Waals surface area contributed by atoms with E-state index in [4.69, 9.17) is 4.74 Å². The van der Waals surface area contributed by atoms with Gasteiger partial charge in [-0.3, -0.25) is 9.59 Å². The fraction of sp³-hybridized carbons (Fsp3) is 0.440. The first kappa shape index (κ1) is 21.9. The summed E-state index contributed by atoms with van der Waals surface area (Å²) in [5.41, 5.74) is 2.79. The number of carbonyl (C=O) groups is 2. The van der Waals surface area contributed by atoms with Crippen LogP contribution >= 0.6 is 0 Å². The molecule has 0 radical (unpaired) electrons. The average molecular weight is 409 g/mol. The molecule has 0 spiro atoms. The largest absolute Gasteiger partial charge is 0.497 e. The van der Waals surface area contributed by atoms with Crippen LogP contribution in [0.25, 0.3) is 11.1 Å². The molecule has 0 saturated carbocycles. The number of likely N-dealkylation sites (tertiary alicyclic amines) is 1. The zero-order valence-corrected chi connectivity index (χ0v) is 18.2. The lowest BCUT2D eigenvalue weighted by Crippen LogP contribution is -2.53. The van der Waals surface area contributed by atoms with Crippen LogP contribution in [0.15, 0.2) is 48.5 Å². The smallest absolute Gasteiger partial charge is 0.228 e. The van der Waals surface area contributed by atoms with Crippen LogP contribution in [0, 0.1) is 5.41 Å². The van der Waals surface area contributed by atoms with Gasteiger partial charge in [-0.25, -0.2) is 0 Å². The number of amides is 2. The van der Waals surface area contributed by atoms with Gasteiger partial charge in [0.05, 0.1) is 12.5 Å². The molecule has 1 heterocycles. The monoisotopic (exact) mass is 408 g/mol. The summed E-state index contributed by atoms with van der Waals surface area (Å²) in [6, 6.07) is 16.4. The molecule has 1 saturated heterocycles. The molecule has 1 aliphatic rings. The van der Waals surface area contributed by atoms with Crippen LogP contribution in [-0.2, 0) is 16.0 Å². The molecule has 1 unspecified atom stereocenters. The maximum Gasteiger partial charge on any atom is 0.228 e. The lowest BCUT2D eigenvalue weighted by molar-refractivity contribution is -0.141. The van der Waals surface area contributed by atoms with Gasteiger partial charge in [0.25, 0.3) is 0 Å². The summed E-state index contributed by atoms with van der Waals surface area (Å²) in [7, 11) is 3.35. The van der Waals surface area contributed by atoms with Crippen molar-refractivity contribution in [3.63, 3.8) is 0 Å². The molecule has 2 aromatic rings. The van der Waals surface area contributed by atoms with Crippen molar-refractivity contribution in [2.45, 2.75) is 39.0 Å². The van der Waals surface area contributed by atoms with Gasteiger partial charge >= 0.3 is 0 Å². The summed E-state index contributed by atoms with van der Waals surface area (Å²) in [6.45, 7) is 3.25. The highest BCUT2D eigenvalue weighted by atomic mass is 16.5. The lowest BCUT2D eigenvalue weighted by atomic mass is 9.74. The third-order valence-corrected chi connectivity index (χ3v) is 6.02. The molecule has 160 valence electrons. The van der Waals surface area contributed by atoms with Crippen molar-refractivity contribution in [2.24, 2.45) is 5.41 Å². The van der Waals surface area contributed by atoms with Crippen LogP contribution in [0.5, 0.6) is 5.75 Å². The predicted octanol–water partition coefficient (Wildman–Crippen LogP) is 4.06. The van der Waals surface area contributed by atoms with E-state index < -0.39 is 5.41 Å². The van der Waals surface area contributed by atoms with Crippen LogP contribution < -0.4 is 10.1 Å². The Kier molecular flexibility index (Phi) is 7.14. The summed E-state index contributed by atoms with van der Waals surface area (Å²) < 4.78 is 5.23. The lowest BCUT2D eigenvalue weighted by Gasteiger charge is -2.41. The van der Waals surface area contributed by atoms with Crippen LogP contribution in [0.1, 0.15) is 38.2 Å². The highest BCUT2D eigenvalue weighted by Gasteiger charge is 2.42. The molecule has 3 rings (SSSR count). The van der Waals surface area contributed by atoms with E-state index in [9.17, 15) is 9.59 Å². The van der Waals surface area contributed by atoms with Crippen LogP contribution in [-0.4, -0.2) is 44.0 Å². The van der Waals surface area contributed by atoms with Crippen molar-refractivity contribution >= 4 is 11.8 Å². The van der Waals surface area contributed by atoms with Gasteiger partial charge in [-0.2, -0.15) is 0 Å². The van der Waals surface area contributed by atoms with E-state index in [1.807, 2.05) is 36.1 Å². The van der Waals surface area contributed by atoms with Crippen molar-refractivity contribution in [3.05, 3.63) is 54.1 Å². The van der Waals surface area contributed by atoms with E-state index in [-0.39, 0.29) is 11.8 Å². The van der Waals surface area contributed by atoms with E-state index >= 15 is 0 Å². The van der Waals surface area contributed by atoms with Crippen molar-refractivity contribution < 1.29 is 14.3 Å². The van der Waals surface area contributed by atoms with E-state index in [1.54, 1.807) is 14.2 Å². The second-order valence-corrected chi connectivity index (χ2v) is 8.13. The number of nitrogens with zero attached hydrogens (tertiary/aromatic N) is 1. The summed E-state index contributed by atoms with van der Waals surface area (Å²) >= 11 is 0. The third-order valence-electron chi connectivity index (χ3n) is 6.02. The molecule has 2 aromatic carbocycles. The fourth-order valence-electron chi connectivity index (χ4n) is 4.38. The first-order valence-corrected chi connectivity index (χ1v) is 10.7. The number of methoxy groups -OCH3 is 1. The molecule has 1 aliphatic heterocycles. The highest BCUT2D eigenvalue weighted by molar-refractivity contribution is 5.85. The summed E-state index contributed by atoms with van der Waals surface area (Å²) in [5, 5.41) is 2.85. The second-order valence-electron chi connectivity index (χ2n) is 8.13. The molecule has 0 aliphatic carbocycles. The van der Waals surface area contributed by atoms with E-state index in [1.165, 1.54) is 0 Å². The molecule has 30 heavy (non-hydrogen) atoms. The van der Waals surface area contributed by atoms with Gasteiger partial charge in [-0.15, -0.1) is 0 Å². The summed E-state index contributed by atoms with van der Waals surface area (Å²) in [4.78, 5) is 27.3. The third kappa shape index (κ3) is 4.84. The Hall–Kier alpha value is -2.82. The van der Waals surface area contributed by atoms with Gasteiger partial charge in [0.1, 0.15) is 5.75 Å². The molecule has 5 nitrogen and oxygen atoms in total. The first-order valence-electron chi connectivity index (χ1n) is 10.7. The minimum absolute atomic E-state index is 0.0238. The predicted molar refractivity (Wildman–Crippen MR) is 119 cm³/mol. The Morgan fingerprint density at radius 1 is 1.07 bits per heavy atom. The molecule has 1 atom stereocenters. The normalized spacial score (nSPS) is 18.7. The minimum atomic E-state index is -0.571. The van der Waals surface area contributed by atoms with Crippen molar-refractivity contribution in [1.29, 1.82) is 0 Å². The Balaban J connectivity index is 1.79. The summed E-state index contributed by atoms with van der Waals surface area (Å²) in [5.74, 6) is 1.01. The number of piperidine rings is 1. The molecule has 5 heteroatoms. The standard InChI is InChI=1S/C25H32N2O3/c1-4-6-23(28)27-16-5-15-25(18-27,24(29)26-2)17-19-7-9-20(10-8-19)21-11-13-22(30-3)14-12-21/h7-14H,4-6,15-18H2,1-3H3,(H,26,29). The number of carbonyl (C=O) groups excluding carboxylic acids is 2. The van der Waals surface area contributed by atoms with Gasteiger partial charge in [-0.1, -0.05) is 43.3 Å². The first-order chi connectivity index (χ1) is 14.5. The van der Waals surface area contributed by atoms with Crippen molar-refractivity contribution in [2.75, 3.05) is 27.2 Å². The van der Waals surface area contributed by atoms with Gasteiger partial charge < -0.3 is 15.0 Å². The van der Waals surface area contributed by atoms with Crippen LogP contribution in [0.2, 0.25) is 0 Å². The van der Waals surface area contributed by atoms with Gasteiger partial charge in [0.15, 0.2) is 0 Å². The zero-order valence-electron chi connectivity index (χ0n) is 18.2. The van der Waals surface area contributed by atoms with Gasteiger partial charge in [-0.05, 0) is 54.5 Å². The van der Waals surface area contributed by atoms with E-state index in [2.05, 4.69) is 29.6 Å². The van der Waals surface area contributed by atoms with Crippen molar-refractivity contribution in [1.82, 2.24) is 10.2 Å². The van der Waals surface area contributed by atoms with Gasteiger partial charge in [0.2, 0.25) is 11.8 Å². The molecule has 0 aromatic heterocycles. The van der Waals surface area contributed by atoms with Crippen LogP contribution in [0.3, 0.4) is 0 Å². The van der Waals surface area contributed by atoms with Gasteiger partial charge in [0, 0.05) is 26.6 Å². The van der Waals surface area contributed by atoms with E-state index in [0.29, 0.717) is 19.4 Å². The Morgan fingerprint density at radius 3 is 2.27 bits per heavy atom. The Bertz CT molecular complexity index is 861. The molecule has 1 fully saturated rings. The summed E-state index contributed by atoms with van der Waals surface area (Å²) in [6.07, 6.45) is 3.65. The molecular formula is C25H32N2O3. The zero-order chi connectivity index (χ0) is 21.6. The Morgan fingerprint density at radius 2 is 1.70 bits per heavy atom. The molecule has 2 amide bonds. The average Bonchev–Trinajstić information content (AvgIpc) is 2.79. The number of hydrogen-bond donors (Lipinski definition) is 1. The van der Waals surface area contributed by atoms with Crippen molar-refractivity contribution in [3.8, 4) is 16.9 Å². The molecular weight excluding hydrogens is 376 g/mol. The second kappa shape index (κ2) is 9.79. The number of benzene rings is 2. The molecule has 1 N–H and O–H groups in total. The quantitative estimate of drug-likeness (QED) is 0.752. The number of nitrogens with one attached hydrogen (secondary N) is 1. The minimum Gasteiger partial charge on any atom is -0.497 e. The number of rotatable bonds is 7. The number of hydrogen-bond acceptors (Lipinski definition) is 3. The fourth-order valence-corrected chi connectivity index (χ4v) is 4.38. The maximum absolute atomic E-state index is 12.9.